The summed E-state index contributed by atoms with van der Waals surface area (Å²) >= 11 is 0. The van der Waals surface area contributed by atoms with E-state index >= 15 is 0 Å². The van der Waals surface area contributed by atoms with Crippen LogP contribution in [0.5, 0.6) is 5.75 Å². The summed E-state index contributed by atoms with van der Waals surface area (Å²) < 4.78 is 11.7. The maximum atomic E-state index is 6.16. The molecule has 5 heteroatoms. The third-order valence-corrected chi connectivity index (χ3v) is 4.77. The normalized spacial score (nSPS) is 15.8. The Hall–Kier alpha value is -2.56. The third kappa shape index (κ3) is 2.82. The fraction of sp³-hybridized carbons (Fsp3) is 0.368. The van der Waals surface area contributed by atoms with Crippen LogP contribution >= 0.6 is 0 Å². The van der Waals surface area contributed by atoms with Crippen molar-refractivity contribution in [3.05, 3.63) is 47.9 Å². The molecule has 0 unspecified atom stereocenters. The second-order valence-electron chi connectivity index (χ2n) is 6.42. The highest BCUT2D eigenvalue weighted by molar-refractivity contribution is 5.86. The van der Waals surface area contributed by atoms with Crippen molar-refractivity contribution in [2.45, 2.75) is 32.8 Å². The molecule has 0 aliphatic carbocycles. The van der Waals surface area contributed by atoms with Crippen molar-refractivity contribution < 1.29 is 9.15 Å². The molecule has 4 rings (SSSR count). The standard InChI is InChI=1S/C19H21N3O2/c1-13-3-4-17(11-14(13)2)24-16-5-8-22(9-6-16)19-18-15(7-10-23-18)12-20-21-19/h3-4,7,10-12,16H,5-6,8-9H2,1-2H3. The van der Waals surface area contributed by atoms with Crippen molar-refractivity contribution in [3.63, 3.8) is 0 Å². The maximum absolute atomic E-state index is 6.16. The summed E-state index contributed by atoms with van der Waals surface area (Å²) in [5, 5.41) is 9.35. The smallest absolute Gasteiger partial charge is 0.195 e. The quantitative estimate of drug-likeness (QED) is 0.732. The van der Waals surface area contributed by atoms with E-state index in [0.717, 1.165) is 48.5 Å². The van der Waals surface area contributed by atoms with Crippen LogP contribution in [0, 0.1) is 13.8 Å². The predicted octanol–water partition coefficient (Wildman–Crippen LogP) is 3.89. The average molecular weight is 323 g/mol. The molecule has 3 heterocycles. The van der Waals surface area contributed by atoms with E-state index in [9.17, 15) is 0 Å². The van der Waals surface area contributed by atoms with Crippen LogP contribution in [-0.4, -0.2) is 29.4 Å². The van der Waals surface area contributed by atoms with Gasteiger partial charge in [0.25, 0.3) is 0 Å². The lowest BCUT2D eigenvalue weighted by atomic mass is 10.1. The predicted molar refractivity (Wildman–Crippen MR) is 93.6 cm³/mol. The largest absolute Gasteiger partial charge is 0.490 e. The molecule has 0 amide bonds. The summed E-state index contributed by atoms with van der Waals surface area (Å²) in [4.78, 5) is 2.24. The van der Waals surface area contributed by atoms with Crippen molar-refractivity contribution in [2.24, 2.45) is 0 Å². The highest BCUT2D eigenvalue weighted by Gasteiger charge is 2.24. The second kappa shape index (κ2) is 6.15. The molecule has 0 N–H and O–H groups in total. The van der Waals surface area contributed by atoms with Gasteiger partial charge in [0.15, 0.2) is 11.4 Å². The molecule has 0 bridgehead atoms. The van der Waals surface area contributed by atoms with Gasteiger partial charge in [-0.3, -0.25) is 0 Å². The van der Waals surface area contributed by atoms with Gasteiger partial charge in [-0.25, -0.2) is 0 Å². The second-order valence-corrected chi connectivity index (χ2v) is 6.42. The van der Waals surface area contributed by atoms with Gasteiger partial charge >= 0.3 is 0 Å². The van der Waals surface area contributed by atoms with Crippen LogP contribution in [0.1, 0.15) is 24.0 Å². The topological polar surface area (TPSA) is 51.4 Å². The molecule has 24 heavy (non-hydrogen) atoms. The zero-order valence-electron chi connectivity index (χ0n) is 14.0. The first-order chi connectivity index (χ1) is 11.7. The Morgan fingerprint density at radius 1 is 1.12 bits per heavy atom. The highest BCUT2D eigenvalue weighted by atomic mass is 16.5. The van der Waals surface area contributed by atoms with Crippen LogP contribution in [-0.2, 0) is 0 Å². The molecule has 1 aromatic carbocycles. The number of furan rings is 1. The minimum absolute atomic E-state index is 0.243. The molecule has 1 fully saturated rings. The molecule has 0 atom stereocenters. The number of aryl methyl sites for hydroxylation is 2. The lowest BCUT2D eigenvalue weighted by Gasteiger charge is -2.32. The number of fused-ring (bicyclic) bond motifs is 1. The van der Waals surface area contributed by atoms with Gasteiger partial charge in [-0.2, -0.15) is 5.10 Å². The Balaban J connectivity index is 1.43. The molecule has 1 aliphatic heterocycles. The zero-order chi connectivity index (χ0) is 16.5. The van der Waals surface area contributed by atoms with Crippen LogP contribution in [0.3, 0.4) is 0 Å². The van der Waals surface area contributed by atoms with Crippen LogP contribution in [0.15, 0.2) is 41.1 Å². The monoisotopic (exact) mass is 323 g/mol. The van der Waals surface area contributed by atoms with Crippen molar-refractivity contribution in [1.29, 1.82) is 0 Å². The average Bonchev–Trinajstić information content (AvgIpc) is 3.08. The minimum atomic E-state index is 0.243. The Morgan fingerprint density at radius 2 is 1.96 bits per heavy atom. The summed E-state index contributed by atoms with van der Waals surface area (Å²) in [7, 11) is 0. The number of nitrogens with zero attached hydrogens (tertiary/aromatic N) is 3. The molecule has 124 valence electrons. The fourth-order valence-electron chi connectivity index (χ4n) is 3.17. The lowest BCUT2D eigenvalue weighted by molar-refractivity contribution is 0.170. The van der Waals surface area contributed by atoms with Crippen molar-refractivity contribution in [1.82, 2.24) is 10.2 Å². The van der Waals surface area contributed by atoms with E-state index in [1.165, 1.54) is 11.1 Å². The Morgan fingerprint density at radius 3 is 2.75 bits per heavy atom. The molecule has 0 saturated carbocycles. The van der Waals surface area contributed by atoms with E-state index < -0.39 is 0 Å². The highest BCUT2D eigenvalue weighted by Crippen LogP contribution is 2.28. The molecule has 1 saturated heterocycles. The minimum Gasteiger partial charge on any atom is -0.490 e. The number of hydrogen-bond acceptors (Lipinski definition) is 5. The van der Waals surface area contributed by atoms with E-state index in [-0.39, 0.29) is 6.10 Å². The Kier molecular flexibility index (Phi) is 3.84. The van der Waals surface area contributed by atoms with Gasteiger partial charge in [-0.15, -0.1) is 5.10 Å². The maximum Gasteiger partial charge on any atom is 0.195 e. The summed E-state index contributed by atoms with van der Waals surface area (Å²) in [6.07, 6.45) is 5.59. The van der Waals surface area contributed by atoms with Gasteiger partial charge in [0, 0.05) is 31.3 Å². The third-order valence-electron chi connectivity index (χ3n) is 4.77. The summed E-state index contributed by atoms with van der Waals surface area (Å²) in [5.74, 6) is 1.80. The first kappa shape index (κ1) is 15.0. The molecular weight excluding hydrogens is 302 g/mol. The van der Waals surface area contributed by atoms with Crippen LogP contribution in [0.4, 0.5) is 5.82 Å². The Bertz CT molecular complexity index is 851. The molecule has 0 spiro atoms. The van der Waals surface area contributed by atoms with Crippen LogP contribution < -0.4 is 9.64 Å². The van der Waals surface area contributed by atoms with Crippen LogP contribution in [0.25, 0.3) is 11.0 Å². The van der Waals surface area contributed by atoms with Crippen molar-refractivity contribution in [3.8, 4) is 5.75 Å². The summed E-state index contributed by atoms with van der Waals surface area (Å²) in [6, 6.07) is 8.22. The van der Waals surface area contributed by atoms with Gasteiger partial charge in [-0.1, -0.05) is 6.07 Å². The summed E-state index contributed by atoms with van der Waals surface area (Å²) in [5.41, 5.74) is 3.38. The molecule has 0 radical (unpaired) electrons. The zero-order valence-corrected chi connectivity index (χ0v) is 14.0. The number of aromatic nitrogens is 2. The van der Waals surface area contributed by atoms with Gasteiger partial charge < -0.3 is 14.1 Å². The van der Waals surface area contributed by atoms with E-state index in [2.05, 4.69) is 47.1 Å². The lowest BCUT2D eigenvalue weighted by Crippen LogP contribution is -2.38. The van der Waals surface area contributed by atoms with Gasteiger partial charge in [0.2, 0.25) is 0 Å². The number of anilines is 1. The summed E-state index contributed by atoms with van der Waals surface area (Å²) in [6.45, 7) is 6.02. The fourth-order valence-corrected chi connectivity index (χ4v) is 3.17. The van der Waals surface area contributed by atoms with Crippen molar-refractivity contribution in [2.75, 3.05) is 18.0 Å². The molecular formula is C19H21N3O2. The molecule has 5 nitrogen and oxygen atoms in total. The van der Waals surface area contributed by atoms with Gasteiger partial charge in [0.05, 0.1) is 12.5 Å². The SMILES string of the molecule is Cc1ccc(OC2CCN(c3nncc4ccoc34)CC2)cc1C. The first-order valence-corrected chi connectivity index (χ1v) is 8.38. The van der Waals surface area contributed by atoms with E-state index in [4.69, 9.17) is 9.15 Å². The number of hydrogen-bond donors (Lipinski definition) is 0. The molecule has 1 aliphatic rings. The van der Waals surface area contributed by atoms with E-state index in [0.29, 0.717) is 0 Å². The van der Waals surface area contributed by atoms with Gasteiger partial charge in [-0.05, 0) is 43.2 Å². The van der Waals surface area contributed by atoms with Crippen LogP contribution in [0.2, 0.25) is 0 Å². The van der Waals surface area contributed by atoms with E-state index in [1.807, 2.05) is 6.07 Å². The number of rotatable bonds is 3. The first-order valence-electron chi connectivity index (χ1n) is 8.38. The van der Waals surface area contributed by atoms with Gasteiger partial charge in [0.1, 0.15) is 11.9 Å². The molecule has 3 aromatic rings. The van der Waals surface area contributed by atoms with Crippen molar-refractivity contribution >= 4 is 16.8 Å². The molecule has 2 aromatic heterocycles. The van der Waals surface area contributed by atoms with E-state index in [1.54, 1.807) is 12.5 Å². The number of ether oxygens (including phenoxy) is 1. The number of piperidine rings is 1. The Labute approximate surface area is 141 Å². The number of benzene rings is 1.